The number of thiazole rings is 1. The van der Waals surface area contributed by atoms with Crippen molar-refractivity contribution in [1.82, 2.24) is 10.3 Å². The molecule has 0 amide bonds. The van der Waals surface area contributed by atoms with Gasteiger partial charge < -0.3 is 10.2 Å². The minimum absolute atomic E-state index is 0.384. The molecule has 3 atom stereocenters. The first-order valence-electron chi connectivity index (χ1n) is 7.23. The van der Waals surface area contributed by atoms with Gasteiger partial charge >= 0.3 is 0 Å². The lowest BCUT2D eigenvalue weighted by atomic mass is 10.1. The van der Waals surface area contributed by atoms with Gasteiger partial charge in [0.1, 0.15) is 0 Å². The highest BCUT2D eigenvalue weighted by molar-refractivity contribution is 7.13. The van der Waals surface area contributed by atoms with E-state index in [2.05, 4.69) is 29.4 Å². The van der Waals surface area contributed by atoms with E-state index in [0.29, 0.717) is 6.04 Å². The molecular weight excluding hydrogens is 242 g/mol. The zero-order valence-corrected chi connectivity index (χ0v) is 12.2. The Bertz CT molecular complexity index is 403. The van der Waals surface area contributed by atoms with Crippen molar-refractivity contribution in [3.8, 4) is 0 Å². The number of aromatic nitrogens is 1. The van der Waals surface area contributed by atoms with Crippen molar-refractivity contribution >= 4 is 16.5 Å². The third-order valence-corrected chi connectivity index (χ3v) is 5.20. The molecule has 18 heavy (non-hydrogen) atoms. The van der Waals surface area contributed by atoms with Crippen molar-refractivity contribution in [3.63, 3.8) is 0 Å². The van der Waals surface area contributed by atoms with Crippen LogP contribution in [0.1, 0.15) is 51.3 Å². The Kier molecular flexibility index (Phi) is 3.57. The molecule has 1 aliphatic carbocycles. The Hall–Kier alpha value is -0.610. The number of nitrogens with zero attached hydrogens (tertiary/aromatic N) is 2. The van der Waals surface area contributed by atoms with E-state index in [9.17, 15) is 0 Å². The van der Waals surface area contributed by atoms with Gasteiger partial charge in [-0.15, -0.1) is 11.3 Å². The molecule has 3 nitrogen and oxygen atoms in total. The van der Waals surface area contributed by atoms with Crippen LogP contribution in [0.3, 0.4) is 0 Å². The second-order valence-electron chi connectivity index (χ2n) is 5.72. The van der Waals surface area contributed by atoms with Gasteiger partial charge in [0.15, 0.2) is 5.13 Å². The van der Waals surface area contributed by atoms with Crippen LogP contribution in [0, 0.1) is 5.92 Å². The largest absolute Gasteiger partial charge is 0.345 e. The Morgan fingerprint density at radius 2 is 2.44 bits per heavy atom. The summed E-state index contributed by atoms with van der Waals surface area (Å²) in [5.41, 5.74) is 1.21. The van der Waals surface area contributed by atoms with Gasteiger partial charge in [-0.3, -0.25) is 0 Å². The summed E-state index contributed by atoms with van der Waals surface area (Å²) in [4.78, 5) is 7.40. The molecule has 1 saturated heterocycles. The monoisotopic (exact) mass is 265 g/mol. The summed E-state index contributed by atoms with van der Waals surface area (Å²) in [7, 11) is 0. The molecule has 100 valence electrons. The van der Waals surface area contributed by atoms with Crippen molar-refractivity contribution in [2.45, 2.75) is 51.6 Å². The van der Waals surface area contributed by atoms with Crippen LogP contribution < -0.4 is 10.2 Å². The van der Waals surface area contributed by atoms with E-state index >= 15 is 0 Å². The fourth-order valence-corrected chi connectivity index (χ4v) is 4.23. The molecule has 2 fully saturated rings. The van der Waals surface area contributed by atoms with E-state index in [1.807, 2.05) is 11.3 Å². The van der Waals surface area contributed by atoms with E-state index in [0.717, 1.165) is 18.5 Å². The predicted octanol–water partition coefficient (Wildman–Crippen LogP) is 3.19. The maximum absolute atomic E-state index is 4.85. The SMILES string of the molecule is CCCNC(C)c1csc(N2CC3CCC2C3)n1. The number of rotatable bonds is 5. The first-order chi connectivity index (χ1) is 8.78. The predicted molar refractivity (Wildman–Crippen MR) is 77.3 cm³/mol. The average Bonchev–Trinajstić information content (AvgIpc) is 3.09. The second-order valence-corrected chi connectivity index (χ2v) is 6.55. The van der Waals surface area contributed by atoms with Crippen molar-refractivity contribution in [2.24, 2.45) is 5.92 Å². The van der Waals surface area contributed by atoms with E-state index in [4.69, 9.17) is 4.98 Å². The number of hydrogen-bond acceptors (Lipinski definition) is 4. The number of nitrogens with one attached hydrogen (secondary N) is 1. The maximum atomic E-state index is 4.85. The van der Waals surface area contributed by atoms with Gasteiger partial charge in [0, 0.05) is 24.0 Å². The van der Waals surface area contributed by atoms with Crippen LogP contribution >= 0.6 is 11.3 Å². The molecule has 3 rings (SSSR count). The summed E-state index contributed by atoms with van der Waals surface area (Å²) < 4.78 is 0. The molecule has 1 aliphatic heterocycles. The molecule has 0 spiro atoms. The normalized spacial score (nSPS) is 28.0. The van der Waals surface area contributed by atoms with Crippen LogP contribution in [-0.4, -0.2) is 24.1 Å². The molecule has 2 heterocycles. The van der Waals surface area contributed by atoms with Gasteiger partial charge in [-0.2, -0.15) is 0 Å². The zero-order chi connectivity index (χ0) is 12.5. The molecule has 0 radical (unpaired) electrons. The Morgan fingerprint density at radius 1 is 1.56 bits per heavy atom. The van der Waals surface area contributed by atoms with Crippen LogP contribution in [0.15, 0.2) is 5.38 Å². The van der Waals surface area contributed by atoms with Gasteiger partial charge in [-0.1, -0.05) is 6.92 Å². The van der Waals surface area contributed by atoms with Gasteiger partial charge in [-0.25, -0.2) is 4.98 Å². The standard InChI is InChI=1S/C14H23N3S/c1-3-6-15-10(2)13-9-18-14(16-13)17-8-11-4-5-12(17)7-11/h9-12,15H,3-8H2,1-2H3. The van der Waals surface area contributed by atoms with Crippen molar-refractivity contribution in [3.05, 3.63) is 11.1 Å². The molecule has 0 aromatic carbocycles. The summed E-state index contributed by atoms with van der Waals surface area (Å²) in [5, 5.41) is 7.00. The summed E-state index contributed by atoms with van der Waals surface area (Å²) in [6.45, 7) is 6.73. The number of anilines is 1. The van der Waals surface area contributed by atoms with Gasteiger partial charge in [0.25, 0.3) is 0 Å². The third kappa shape index (κ3) is 2.28. The third-order valence-electron chi connectivity index (χ3n) is 4.31. The molecule has 1 aromatic rings. The van der Waals surface area contributed by atoms with E-state index in [-0.39, 0.29) is 0 Å². The second kappa shape index (κ2) is 5.17. The lowest BCUT2D eigenvalue weighted by molar-refractivity contribution is 0.546. The summed E-state index contributed by atoms with van der Waals surface area (Å²) in [6, 6.07) is 1.17. The quantitative estimate of drug-likeness (QED) is 0.886. The van der Waals surface area contributed by atoms with Crippen molar-refractivity contribution in [2.75, 3.05) is 18.0 Å². The minimum Gasteiger partial charge on any atom is -0.345 e. The van der Waals surface area contributed by atoms with Crippen molar-refractivity contribution in [1.29, 1.82) is 0 Å². The molecule has 4 heteroatoms. The fourth-order valence-electron chi connectivity index (χ4n) is 3.23. The highest BCUT2D eigenvalue weighted by atomic mass is 32.1. The van der Waals surface area contributed by atoms with Gasteiger partial charge in [-0.05, 0) is 45.1 Å². The number of fused-ring (bicyclic) bond motifs is 2. The smallest absolute Gasteiger partial charge is 0.185 e. The zero-order valence-electron chi connectivity index (χ0n) is 11.4. The van der Waals surface area contributed by atoms with Crippen LogP contribution in [0.25, 0.3) is 0 Å². The van der Waals surface area contributed by atoms with Crippen molar-refractivity contribution < 1.29 is 0 Å². The van der Waals surface area contributed by atoms with Gasteiger partial charge in [0.05, 0.1) is 5.69 Å². The number of hydrogen-bond donors (Lipinski definition) is 1. The summed E-state index contributed by atoms with van der Waals surface area (Å²) >= 11 is 1.82. The van der Waals surface area contributed by atoms with Crippen LogP contribution in [0.5, 0.6) is 0 Å². The summed E-state index contributed by atoms with van der Waals surface area (Å²) in [6.07, 6.45) is 5.40. The van der Waals surface area contributed by atoms with E-state index in [1.165, 1.54) is 43.1 Å². The minimum atomic E-state index is 0.384. The van der Waals surface area contributed by atoms with Crippen LogP contribution in [-0.2, 0) is 0 Å². The van der Waals surface area contributed by atoms with Gasteiger partial charge in [0.2, 0.25) is 0 Å². The number of piperidine rings is 1. The first-order valence-corrected chi connectivity index (χ1v) is 8.11. The van der Waals surface area contributed by atoms with Crippen LogP contribution in [0.2, 0.25) is 0 Å². The Balaban J connectivity index is 1.66. The molecule has 2 bridgehead atoms. The Labute approximate surface area is 114 Å². The molecule has 1 aromatic heterocycles. The van der Waals surface area contributed by atoms with Crippen LogP contribution in [0.4, 0.5) is 5.13 Å². The fraction of sp³-hybridized carbons (Fsp3) is 0.786. The first kappa shape index (κ1) is 12.4. The molecule has 1 N–H and O–H groups in total. The lowest BCUT2D eigenvalue weighted by Crippen LogP contribution is -2.31. The van der Waals surface area contributed by atoms with E-state index < -0.39 is 0 Å². The maximum Gasteiger partial charge on any atom is 0.185 e. The Morgan fingerprint density at radius 3 is 3.11 bits per heavy atom. The summed E-state index contributed by atoms with van der Waals surface area (Å²) in [5.74, 6) is 0.943. The average molecular weight is 265 g/mol. The lowest BCUT2D eigenvalue weighted by Gasteiger charge is -2.26. The molecule has 2 aliphatic rings. The highest BCUT2D eigenvalue weighted by Gasteiger charge is 2.38. The molecule has 1 saturated carbocycles. The highest BCUT2D eigenvalue weighted by Crippen LogP contribution is 2.41. The van der Waals surface area contributed by atoms with E-state index in [1.54, 1.807) is 0 Å². The molecule has 3 unspecified atom stereocenters. The topological polar surface area (TPSA) is 28.2 Å². The molecular formula is C14H23N3S.